The van der Waals surface area contributed by atoms with Gasteiger partial charge in [-0.1, -0.05) is 36.8 Å². The Kier molecular flexibility index (Phi) is 5.37. The van der Waals surface area contributed by atoms with Crippen molar-refractivity contribution in [3.63, 3.8) is 0 Å². The van der Waals surface area contributed by atoms with Gasteiger partial charge in [0.25, 0.3) is 11.8 Å². The zero-order valence-electron chi connectivity index (χ0n) is 19.3. The Bertz CT molecular complexity index is 1150. The predicted octanol–water partition coefficient (Wildman–Crippen LogP) is 3.18. The largest absolute Gasteiger partial charge is 0.354 e. The first kappa shape index (κ1) is 21.4. The van der Waals surface area contributed by atoms with Crippen LogP contribution in [0.1, 0.15) is 64.5 Å². The smallest absolute Gasteiger partial charge is 0.260 e. The fourth-order valence-corrected chi connectivity index (χ4v) is 6.40. The number of nitrogens with zero attached hydrogens (tertiary/aromatic N) is 3. The molecule has 176 valence electrons. The highest BCUT2D eigenvalue weighted by atomic mass is 16.2. The molecule has 4 aliphatic rings. The summed E-state index contributed by atoms with van der Waals surface area (Å²) < 4.78 is 0. The molecular weight excluding hydrogens is 428 g/mol. The number of anilines is 1. The minimum atomic E-state index is -0.597. The van der Waals surface area contributed by atoms with Crippen molar-refractivity contribution in [1.82, 2.24) is 15.1 Å². The SMILES string of the molecule is O=C(CN1C(=O)c2ccccc2N2C(=O)c3ccccc3C12)NC[C@@H]1CCCN2CCCC[C@H]12. The molecule has 7 heteroatoms. The fourth-order valence-electron chi connectivity index (χ4n) is 6.40. The Balaban J connectivity index is 1.23. The molecular formula is C27H30N4O3. The summed E-state index contributed by atoms with van der Waals surface area (Å²) in [5.74, 6) is -0.0586. The molecule has 2 saturated heterocycles. The third-order valence-corrected chi connectivity index (χ3v) is 7.99. The van der Waals surface area contributed by atoms with Gasteiger partial charge in [-0.15, -0.1) is 0 Å². The third-order valence-electron chi connectivity index (χ3n) is 7.99. The second-order valence-corrected chi connectivity index (χ2v) is 9.89. The first-order valence-electron chi connectivity index (χ1n) is 12.5. The zero-order chi connectivity index (χ0) is 23.2. The van der Waals surface area contributed by atoms with Gasteiger partial charge < -0.3 is 15.1 Å². The predicted molar refractivity (Wildman–Crippen MR) is 128 cm³/mol. The topological polar surface area (TPSA) is 73.0 Å². The standard InChI is InChI=1S/C27H30N4O3/c32-24(28-16-18-8-7-15-29-14-6-5-12-22(18)29)17-30-25-19-9-1-2-10-20(19)27(34)31(25)23-13-4-3-11-21(23)26(30)33/h1-4,9-11,13,18,22,25H,5-8,12,14-17H2,(H,28,32)/t18-,22+,25?/m0/s1. The monoisotopic (exact) mass is 458 g/mol. The molecule has 0 radical (unpaired) electrons. The van der Waals surface area contributed by atoms with Gasteiger partial charge in [-0.3, -0.25) is 19.3 Å². The van der Waals surface area contributed by atoms with E-state index in [0.717, 1.165) is 12.0 Å². The number of carbonyl (C=O) groups excluding carboxylic acids is 3. The molecule has 3 amide bonds. The van der Waals surface area contributed by atoms with Crippen LogP contribution in [0.15, 0.2) is 48.5 Å². The van der Waals surface area contributed by atoms with Gasteiger partial charge in [0, 0.05) is 23.7 Å². The summed E-state index contributed by atoms with van der Waals surface area (Å²) >= 11 is 0. The molecule has 2 aromatic rings. The Morgan fingerprint density at radius 2 is 1.65 bits per heavy atom. The summed E-state index contributed by atoms with van der Waals surface area (Å²) in [7, 11) is 0. The van der Waals surface area contributed by atoms with Gasteiger partial charge in [0.05, 0.1) is 11.3 Å². The summed E-state index contributed by atoms with van der Waals surface area (Å²) in [4.78, 5) is 45.7. The normalized spacial score (nSPS) is 25.9. The van der Waals surface area contributed by atoms with E-state index in [2.05, 4.69) is 10.2 Å². The molecule has 34 heavy (non-hydrogen) atoms. The van der Waals surface area contributed by atoms with Crippen LogP contribution < -0.4 is 10.2 Å². The molecule has 0 spiro atoms. The first-order chi connectivity index (χ1) is 16.6. The number of amides is 3. The lowest BCUT2D eigenvalue weighted by Gasteiger charge is -2.44. The van der Waals surface area contributed by atoms with Crippen molar-refractivity contribution < 1.29 is 14.4 Å². The first-order valence-corrected chi connectivity index (χ1v) is 12.5. The molecule has 0 aromatic heterocycles. The van der Waals surface area contributed by atoms with Crippen LogP contribution in [0.3, 0.4) is 0 Å². The van der Waals surface area contributed by atoms with Crippen molar-refractivity contribution >= 4 is 23.4 Å². The molecule has 3 atom stereocenters. The van der Waals surface area contributed by atoms with Crippen LogP contribution in [-0.4, -0.2) is 59.7 Å². The van der Waals surface area contributed by atoms with Gasteiger partial charge in [0.2, 0.25) is 5.91 Å². The quantitative estimate of drug-likeness (QED) is 0.764. The number of piperidine rings is 2. The Hall–Kier alpha value is -3.19. The molecule has 2 aromatic carbocycles. The van der Waals surface area contributed by atoms with E-state index in [0.29, 0.717) is 35.3 Å². The van der Waals surface area contributed by atoms with Gasteiger partial charge in [-0.05, 0) is 62.9 Å². The van der Waals surface area contributed by atoms with Crippen molar-refractivity contribution in [1.29, 1.82) is 0 Å². The summed E-state index contributed by atoms with van der Waals surface area (Å²) in [5, 5.41) is 3.13. The van der Waals surface area contributed by atoms with E-state index in [1.165, 1.54) is 38.8 Å². The third kappa shape index (κ3) is 3.41. The molecule has 0 bridgehead atoms. The van der Waals surface area contributed by atoms with E-state index in [1.807, 2.05) is 24.3 Å². The van der Waals surface area contributed by atoms with Crippen molar-refractivity contribution in [2.75, 3.05) is 31.1 Å². The van der Waals surface area contributed by atoms with Crippen LogP contribution in [0, 0.1) is 5.92 Å². The number of nitrogens with one attached hydrogen (secondary N) is 1. The minimum absolute atomic E-state index is 0.0724. The molecule has 2 fully saturated rings. The minimum Gasteiger partial charge on any atom is -0.354 e. The van der Waals surface area contributed by atoms with Crippen molar-refractivity contribution in [2.45, 2.75) is 44.3 Å². The van der Waals surface area contributed by atoms with E-state index >= 15 is 0 Å². The molecule has 0 aliphatic carbocycles. The van der Waals surface area contributed by atoms with E-state index in [-0.39, 0.29) is 24.3 Å². The van der Waals surface area contributed by atoms with Crippen LogP contribution in [0.4, 0.5) is 5.69 Å². The van der Waals surface area contributed by atoms with Crippen molar-refractivity contribution in [3.05, 3.63) is 65.2 Å². The highest BCUT2D eigenvalue weighted by Gasteiger charge is 2.48. The van der Waals surface area contributed by atoms with Crippen LogP contribution >= 0.6 is 0 Å². The summed E-state index contributed by atoms with van der Waals surface area (Å²) in [6, 6.07) is 15.1. The second kappa shape index (κ2) is 8.55. The summed E-state index contributed by atoms with van der Waals surface area (Å²) in [6.45, 7) is 2.91. The van der Waals surface area contributed by atoms with Crippen LogP contribution in [-0.2, 0) is 4.79 Å². The average molecular weight is 459 g/mol. The highest BCUT2D eigenvalue weighted by Crippen LogP contribution is 2.45. The van der Waals surface area contributed by atoms with Crippen molar-refractivity contribution in [3.8, 4) is 0 Å². The molecule has 4 heterocycles. The molecule has 1 N–H and O–H groups in total. The van der Waals surface area contributed by atoms with Crippen LogP contribution in [0.25, 0.3) is 0 Å². The Morgan fingerprint density at radius 1 is 0.882 bits per heavy atom. The number of hydrogen-bond acceptors (Lipinski definition) is 4. The number of fused-ring (bicyclic) bond motifs is 6. The number of hydrogen-bond donors (Lipinski definition) is 1. The van der Waals surface area contributed by atoms with Crippen LogP contribution in [0.5, 0.6) is 0 Å². The number of carbonyl (C=O) groups is 3. The maximum atomic E-state index is 13.5. The lowest BCUT2D eigenvalue weighted by Crippen LogP contribution is -2.53. The number of para-hydroxylation sites is 1. The zero-order valence-corrected chi connectivity index (χ0v) is 19.3. The average Bonchev–Trinajstić information content (AvgIpc) is 3.18. The van der Waals surface area contributed by atoms with E-state index in [4.69, 9.17) is 0 Å². The molecule has 4 aliphatic heterocycles. The van der Waals surface area contributed by atoms with Gasteiger partial charge in [-0.2, -0.15) is 0 Å². The van der Waals surface area contributed by atoms with Gasteiger partial charge in [0.1, 0.15) is 12.7 Å². The molecule has 0 saturated carbocycles. The number of benzene rings is 2. The number of rotatable bonds is 4. The summed E-state index contributed by atoms with van der Waals surface area (Å²) in [6.07, 6.45) is 5.45. The van der Waals surface area contributed by atoms with Gasteiger partial charge in [0.15, 0.2) is 0 Å². The maximum Gasteiger partial charge on any atom is 0.260 e. The Morgan fingerprint density at radius 3 is 2.53 bits per heavy atom. The fraction of sp³-hybridized carbons (Fsp3) is 0.444. The van der Waals surface area contributed by atoms with Gasteiger partial charge in [-0.25, -0.2) is 0 Å². The molecule has 1 unspecified atom stereocenters. The lowest BCUT2D eigenvalue weighted by atomic mass is 9.83. The van der Waals surface area contributed by atoms with Crippen LogP contribution in [0.2, 0.25) is 0 Å². The maximum absolute atomic E-state index is 13.5. The van der Waals surface area contributed by atoms with E-state index in [1.54, 1.807) is 34.1 Å². The second-order valence-electron chi connectivity index (χ2n) is 9.89. The summed E-state index contributed by atoms with van der Waals surface area (Å²) in [5.41, 5.74) is 2.42. The highest BCUT2D eigenvalue weighted by molar-refractivity contribution is 6.17. The van der Waals surface area contributed by atoms with E-state index < -0.39 is 6.17 Å². The van der Waals surface area contributed by atoms with E-state index in [9.17, 15) is 14.4 Å². The molecule has 7 nitrogen and oxygen atoms in total. The van der Waals surface area contributed by atoms with Crippen molar-refractivity contribution in [2.24, 2.45) is 5.92 Å². The van der Waals surface area contributed by atoms with Gasteiger partial charge >= 0.3 is 0 Å². The lowest BCUT2D eigenvalue weighted by molar-refractivity contribution is -0.122. The molecule has 6 rings (SSSR count). The Labute approximate surface area is 199 Å².